The molecule has 0 radical (unpaired) electrons. The molecular formula is C12H10BrNO4. The third-order valence-electron chi connectivity index (χ3n) is 2.52. The summed E-state index contributed by atoms with van der Waals surface area (Å²) in [4.78, 5) is 10.4. The van der Waals surface area contributed by atoms with E-state index in [1.165, 1.54) is 6.07 Å². The van der Waals surface area contributed by atoms with Gasteiger partial charge < -0.3 is 9.52 Å². The third kappa shape index (κ3) is 2.77. The van der Waals surface area contributed by atoms with Gasteiger partial charge >= 0.3 is 0 Å². The van der Waals surface area contributed by atoms with E-state index in [-0.39, 0.29) is 12.1 Å². The van der Waals surface area contributed by atoms with Crippen molar-refractivity contribution in [3.8, 4) is 0 Å². The number of furan rings is 1. The fourth-order valence-corrected chi connectivity index (χ4v) is 2.00. The van der Waals surface area contributed by atoms with Crippen LogP contribution in [0.25, 0.3) is 0 Å². The number of halogens is 1. The molecule has 5 nitrogen and oxygen atoms in total. The first-order valence-electron chi connectivity index (χ1n) is 5.23. The van der Waals surface area contributed by atoms with Gasteiger partial charge in [0.15, 0.2) is 4.67 Å². The van der Waals surface area contributed by atoms with Crippen molar-refractivity contribution in [2.24, 2.45) is 0 Å². The van der Waals surface area contributed by atoms with Gasteiger partial charge in [-0.3, -0.25) is 10.1 Å². The summed E-state index contributed by atoms with van der Waals surface area (Å²) < 4.78 is 5.73. The van der Waals surface area contributed by atoms with Gasteiger partial charge in [0, 0.05) is 18.1 Å². The molecule has 0 saturated carbocycles. The number of rotatable bonds is 4. The minimum Gasteiger partial charge on any atom is -0.452 e. The van der Waals surface area contributed by atoms with Crippen LogP contribution in [0, 0.1) is 10.1 Å². The number of aliphatic hydroxyl groups excluding tert-OH is 1. The monoisotopic (exact) mass is 311 g/mol. The topological polar surface area (TPSA) is 76.5 Å². The Labute approximate surface area is 111 Å². The molecule has 0 bridgehead atoms. The number of nitro groups is 1. The molecule has 1 atom stereocenters. The minimum absolute atomic E-state index is 0.00201. The van der Waals surface area contributed by atoms with Crippen LogP contribution in [0.4, 0.5) is 5.69 Å². The summed E-state index contributed by atoms with van der Waals surface area (Å²) in [6.45, 7) is 0. The number of hydrogen-bond donors (Lipinski definition) is 1. The highest BCUT2D eigenvalue weighted by atomic mass is 79.9. The quantitative estimate of drug-likeness (QED) is 0.694. The molecule has 6 heteroatoms. The van der Waals surface area contributed by atoms with Gasteiger partial charge in [0.05, 0.1) is 4.92 Å². The van der Waals surface area contributed by atoms with E-state index in [4.69, 9.17) is 4.42 Å². The standard InChI is InChI=1S/C12H10BrNO4/c13-12-6-5-11(18-12)10(15)7-8-3-1-2-4-9(8)14(16)17/h1-6,10,15H,7H2. The number of hydrogen-bond acceptors (Lipinski definition) is 4. The van der Waals surface area contributed by atoms with Gasteiger partial charge in [-0.15, -0.1) is 0 Å². The first-order chi connectivity index (χ1) is 8.58. The Balaban J connectivity index is 2.21. The van der Waals surface area contributed by atoms with Gasteiger partial charge in [0.2, 0.25) is 0 Å². The first-order valence-corrected chi connectivity index (χ1v) is 6.03. The highest BCUT2D eigenvalue weighted by Gasteiger charge is 2.19. The van der Waals surface area contributed by atoms with Crippen molar-refractivity contribution in [3.63, 3.8) is 0 Å². The summed E-state index contributed by atoms with van der Waals surface area (Å²) in [5, 5.41) is 20.8. The maximum Gasteiger partial charge on any atom is 0.272 e. The van der Waals surface area contributed by atoms with Crippen molar-refractivity contribution in [1.29, 1.82) is 0 Å². The van der Waals surface area contributed by atoms with Crippen LogP contribution in [0.15, 0.2) is 45.5 Å². The summed E-state index contributed by atoms with van der Waals surface area (Å²) >= 11 is 3.14. The predicted molar refractivity (Wildman–Crippen MR) is 68.2 cm³/mol. The normalized spacial score (nSPS) is 12.3. The molecule has 0 aliphatic rings. The lowest BCUT2D eigenvalue weighted by molar-refractivity contribution is -0.385. The van der Waals surface area contributed by atoms with Crippen molar-refractivity contribution < 1.29 is 14.4 Å². The molecule has 1 N–H and O–H groups in total. The average Bonchev–Trinajstić information content (AvgIpc) is 2.76. The van der Waals surface area contributed by atoms with Crippen molar-refractivity contribution in [3.05, 3.63) is 62.5 Å². The molecule has 1 heterocycles. The van der Waals surface area contributed by atoms with E-state index in [2.05, 4.69) is 15.9 Å². The fraction of sp³-hybridized carbons (Fsp3) is 0.167. The van der Waals surface area contributed by atoms with Gasteiger partial charge in [0.25, 0.3) is 5.69 Å². The van der Waals surface area contributed by atoms with E-state index in [0.717, 1.165) is 0 Å². The van der Waals surface area contributed by atoms with E-state index < -0.39 is 11.0 Å². The summed E-state index contributed by atoms with van der Waals surface area (Å²) in [5.41, 5.74) is 0.477. The number of nitro benzene ring substituents is 1. The van der Waals surface area contributed by atoms with Gasteiger partial charge in [-0.05, 0) is 28.1 Å². The Kier molecular flexibility index (Phi) is 3.78. The van der Waals surface area contributed by atoms with E-state index in [1.807, 2.05) is 0 Å². The lowest BCUT2D eigenvalue weighted by Gasteiger charge is -2.08. The smallest absolute Gasteiger partial charge is 0.272 e. The van der Waals surface area contributed by atoms with E-state index in [9.17, 15) is 15.2 Å². The fourth-order valence-electron chi connectivity index (χ4n) is 1.68. The Morgan fingerprint density at radius 3 is 2.67 bits per heavy atom. The molecule has 0 aliphatic heterocycles. The molecule has 1 aromatic heterocycles. The van der Waals surface area contributed by atoms with Crippen molar-refractivity contribution >= 4 is 21.6 Å². The maximum absolute atomic E-state index is 10.8. The summed E-state index contributed by atoms with van der Waals surface area (Å²) in [6, 6.07) is 9.63. The van der Waals surface area contributed by atoms with Crippen LogP contribution in [0.3, 0.4) is 0 Å². The molecule has 94 valence electrons. The number of nitrogens with zero attached hydrogens (tertiary/aromatic N) is 1. The average molecular weight is 312 g/mol. The molecule has 18 heavy (non-hydrogen) atoms. The zero-order chi connectivity index (χ0) is 13.1. The van der Waals surface area contributed by atoms with Gasteiger partial charge in [-0.2, -0.15) is 0 Å². The minimum atomic E-state index is -0.905. The number of aliphatic hydroxyl groups is 1. The Morgan fingerprint density at radius 1 is 1.33 bits per heavy atom. The van der Waals surface area contributed by atoms with Crippen molar-refractivity contribution in [2.45, 2.75) is 12.5 Å². The van der Waals surface area contributed by atoms with Crippen LogP contribution < -0.4 is 0 Å². The first kappa shape index (κ1) is 12.8. The van der Waals surface area contributed by atoms with Gasteiger partial charge in [-0.25, -0.2) is 0 Å². The maximum atomic E-state index is 10.8. The summed E-state index contributed by atoms with van der Waals surface area (Å²) in [6.07, 6.45) is -0.769. The van der Waals surface area contributed by atoms with Crippen molar-refractivity contribution in [1.82, 2.24) is 0 Å². The molecule has 1 aromatic carbocycles. The van der Waals surface area contributed by atoms with Crippen LogP contribution in [-0.2, 0) is 6.42 Å². The van der Waals surface area contributed by atoms with Crippen LogP contribution >= 0.6 is 15.9 Å². The number of benzene rings is 1. The molecule has 1 unspecified atom stereocenters. The van der Waals surface area contributed by atoms with E-state index in [1.54, 1.807) is 30.3 Å². The molecule has 2 rings (SSSR count). The van der Waals surface area contributed by atoms with Crippen LogP contribution in [0.2, 0.25) is 0 Å². The largest absolute Gasteiger partial charge is 0.452 e. The zero-order valence-corrected chi connectivity index (χ0v) is 10.8. The van der Waals surface area contributed by atoms with Crippen LogP contribution in [-0.4, -0.2) is 10.0 Å². The van der Waals surface area contributed by atoms with Crippen molar-refractivity contribution in [2.75, 3.05) is 0 Å². The van der Waals surface area contributed by atoms with Gasteiger partial charge in [0.1, 0.15) is 11.9 Å². The second kappa shape index (κ2) is 5.32. The third-order valence-corrected chi connectivity index (χ3v) is 2.95. The second-order valence-corrected chi connectivity index (χ2v) is 4.53. The Morgan fingerprint density at radius 2 is 2.06 bits per heavy atom. The molecule has 0 spiro atoms. The SMILES string of the molecule is O=[N+]([O-])c1ccccc1CC(O)c1ccc(Br)o1. The Hall–Kier alpha value is -1.66. The molecule has 0 amide bonds. The summed E-state index contributed by atoms with van der Waals surface area (Å²) in [7, 11) is 0. The van der Waals surface area contributed by atoms with E-state index >= 15 is 0 Å². The lowest BCUT2D eigenvalue weighted by atomic mass is 10.0. The molecule has 0 aliphatic carbocycles. The van der Waals surface area contributed by atoms with Crippen LogP contribution in [0.1, 0.15) is 17.4 Å². The molecular weight excluding hydrogens is 302 g/mol. The number of para-hydroxylation sites is 1. The van der Waals surface area contributed by atoms with Gasteiger partial charge in [-0.1, -0.05) is 18.2 Å². The zero-order valence-electron chi connectivity index (χ0n) is 9.25. The predicted octanol–water partition coefficient (Wildman–Crippen LogP) is 3.23. The molecule has 2 aromatic rings. The highest BCUT2D eigenvalue weighted by Crippen LogP contribution is 2.27. The summed E-state index contributed by atoms with van der Waals surface area (Å²) in [5.74, 6) is 0.375. The highest BCUT2D eigenvalue weighted by molar-refractivity contribution is 9.10. The van der Waals surface area contributed by atoms with E-state index in [0.29, 0.717) is 16.0 Å². The molecule has 0 saturated heterocycles. The Bertz CT molecular complexity index is 567. The van der Waals surface area contributed by atoms with Crippen LogP contribution in [0.5, 0.6) is 0 Å². The lowest BCUT2D eigenvalue weighted by Crippen LogP contribution is -2.03. The molecule has 0 fully saturated rings. The second-order valence-electron chi connectivity index (χ2n) is 3.75.